The summed E-state index contributed by atoms with van der Waals surface area (Å²) in [5, 5.41) is 0. The average Bonchev–Trinajstić information content (AvgIpc) is 2.49. The van der Waals surface area contributed by atoms with Gasteiger partial charge >= 0.3 is 0 Å². The average molecular weight is 245 g/mol. The molecule has 1 aliphatic heterocycles. The number of amides is 1. The van der Waals surface area contributed by atoms with E-state index in [1.54, 1.807) is 17.9 Å². The molecule has 0 bridgehead atoms. The lowest BCUT2D eigenvalue weighted by Gasteiger charge is -2.36. The molecule has 1 aliphatic rings. The van der Waals surface area contributed by atoms with Gasteiger partial charge in [-0.3, -0.25) is 4.79 Å². The number of rotatable bonds is 4. The summed E-state index contributed by atoms with van der Waals surface area (Å²) >= 11 is 0. The summed E-state index contributed by atoms with van der Waals surface area (Å²) < 4.78 is 23.0. The summed E-state index contributed by atoms with van der Waals surface area (Å²) in [6.07, 6.45) is 2.56. The Labute approximate surface area is 97.2 Å². The highest BCUT2D eigenvalue weighted by Gasteiger charge is 2.43. The minimum absolute atomic E-state index is 0.0144. The Morgan fingerprint density at radius 2 is 2.19 bits per heavy atom. The minimum atomic E-state index is -2.99. The van der Waals surface area contributed by atoms with E-state index < -0.39 is 15.4 Å². The van der Waals surface area contributed by atoms with E-state index in [2.05, 4.69) is 6.58 Å². The first-order chi connectivity index (χ1) is 7.34. The summed E-state index contributed by atoms with van der Waals surface area (Å²) in [6, 6.07) is 0. The zero-order chi connectivity index (χ0) is 12.4. The Bertz CT molecular complexity index is 388. The van der Waals surface area contributed by atoms with Gasteiger partial charge in [0.2, 0.25) is 5.91 Å². The van der Waals surface area contributed by atoms with Crippen molar-refractivity contribution in [1.29, 1.82) is 0 Å². The van der Waals surface area contributed by atoms with Crippen LogP contribution in [0.2, 0.25) is 0 Å². The van der Waals surface area contributed by atoms with Crippen molar-refractivity contribution in [3.8, 4) is 0 Å². The molecule has 4 nitrogen and oxygen atoms in total. The fourth-order valence-electron chi connectivity index (χ4n) is 2.15. The van der Waals surface area contributed by atoms with Crippen molar-refractivity contribution in [2.45, 2.75) is 32.2 Å². The summed E-state index contributed by atoms with van der Waals surface area (Å²) in [6.45, 7) is 7.65. The highest BCUT2D eigenvalue weighted by Crippen LogP contribution is 2.29. The molecule has 0 spiro atoms. The van der Waals surface area contributed by atoms with Crippen LogP contribution in [0.25, 0.3) is 0 Å². The minimum Gasteiger partial charge on any atom is -0.333 e. The van der Waals surface area contributed by atoms with Gasteiger partial charge in [0, 0.05) is 13.0 Å². The number of carbonyl (C=O) groups excluding carboxylic acids is 1. The van der Waals surface area contributed by atoms with Crippen molar-refractivity contribution < 1.29 is 13.2 Å². The topological polar surface area (TPSA) is 54.5 Å². The van der Waals surface area contributed by atoms with E-state index >= 15 is 0 Å². The highest BCUT2D eigenvalue weighted by molar-refractivity contribution is 7.91. The van der Waals surface area contributed by atoms with Gasteiger partial charge in [0.1, 0.15) is 0 Å². The van der Waals surface area contributed by atoms with Gasteiger partial charge < -0.3 is 4.90 Å². The second-order valence-electron chi connectivity index (χ2n) is 4.49. The first kappa shape index (κ1) is 13.2. The van der Waals surface area contributed by atoms with Gasteiger partial charge in [-0.1, -0.05) is 13.0 Å². The van der Waals surface area contributed by atoms with Crippen LogP contribution in [0.4, 0.5) is 0 Å². The molecule has 0 unspecified atom stereocenters. The lowest BCUT2D eigenvalue weighted by Crippen LogP contribution is -2.50. The molecule has 0 radical (unpaired) electrons. The van der Waals surface area contributed by atoms with E-state index in [1.165, 1.54) is 0 Å². The molecule has 5 heteroatoms. The molecule has 1 rings (SSSR count). The first-order valence-corrected chi connectivity index (χ1v) is 7.28. The smallest absolute Gasteiger partial charge is 0.223 e. The summed E-state index contributed by atoms with van der Waals surface area (Å²) in [4.78, 5) is 13.4. The molecule has 0 aliphatic carbocycles. The monoisotopic (exact) mass is 245 g/mol. The van der Waals surface area contributed by atoms with E-state index in [1.807, 2.05) is 6.92 Å². The second-order valence-corrected chi connectivity index (χ2v) is 6.67. The Kier molecular flexibility index (Phi) is 3.78. The SMILES string of the molecule is C=CCN(C(=O)CC)[C@]1(C)CCS(=O)(=O)C1. The largest absolute Gasteiger partial charge is 0.333 e. The third-order valence-corrected chi connectivity index (χ3v) is 4.94. The molecule has 1 amide bonds. The van der Waals surface area contributed by atoms with Gasteiger partial charge in [0.05, 0.1) is 17.0 Å². The quantitative estimate of drug-likeness (QED) is 0.694. The van der Waals surface area contributed by atoms with Gasteiger partial charge in [-0.05, 0) is 13.3 Å². The normalized spacial score (nSPS) is 27.6. The Hall–Kier alpha value is -0.840. The van der Waals surface area contributed by atoms with Crippen LogP contribution < -0.4 is 0 Å². The number of hydrogen-bond acceptors (Lipinski definition) is 3. The Morgan fingerprint density at radius 1 is 1.56 bits per heavy atom. The van der Waals surface area contributed by atoms with Crippen molar-refractivity contribution in [2.24, 2.45) is 0 Å². The lowest BCUT2D eigenvalue weighted by molar-refractivity contribution is -0.135. The maximum Gasteiger partial charge on any atom is 0.223 e. The summed E-state index contributed by atoms with van der Waals surface area (Å²) in [7, 11) is -2.99. The molecule has 0 aromatic carbocycles. The molecular weight excluding hydrogens is 226 g/mol. The zero-order valence-corrected chi connectivity index (χ0v) is 10.7. The van der Waals surface area contributed by atoms with Gasteiger partial charge in [0.15, 0.2) is 9.84 Å². The fourth-order valence-corrected chi connectivity index (χ4v) is 4.29. The van der Waals surface area contributed by atoms with Gasteiger partial charge in [-0.15, -0.1) is 6.58 Å². The van der Waals surface area contributed by atoms with Gasteiger partial charge in [0.25, 0.3) is 0 Å². The Morgan fingerprint density at radius 3 is 2.56 bits per heavy atom. The van der Waals surface area contributed by atoms with E-state index in [4.69, 9.17) is 0 Å². The number of carbonyl (C=O) groups is 1. The second kappa shape index (κ2) is 4.57. The van der Waals surface area contributed by atoms with Crippen LogP contribution in [0, 0.1) is 0 Å². The molecule has 0 aromatic rings. The van der Waals surface area contributed by atoms with Crippen molar-refractivity contribution in [1.82, 2.24) is 4.90 Å². The molecule has 0 N–H and O–H groups in total. The summed E-state index contributed by atoms with van der Waals surface area (Å²) in [5.74, 6) is 0.229. The molecule has 0 saturated carbocycles. The fraction of sp³-hybridized carbons (Fsp3) is 0.727. The molecule has 0 aromatic heterocycles. The van der Waals surface area contributed by atoms with Crippen LogP contribution in [0.1, 0.15) is 26.7 Å². The van der Waals surface area contributed by atoms with Crippen molar-refractivity contribution in [3.63, 3.8) is 0 Å². The van der Waals surface area contributed by atoms with Crippen LogP contribution in [0.3, 0.4) is 0 Å². The van der Waals surface area contributed by atoms with E-state index in [0.717, 1.165) is 0 Å². The molecular formula is C11H19NO3S. The molecule has 1 saturated heterocycles. The van der Waals surface area contributed by atoms with E-state index in [9.17, 15) is 13.2 Å². The standard InChI is InChI=1S/C11H19NO3S/c1-4-7-12(10(13)5-2)11(3)6-8-16(14,15)9-11/h4H,1,5-9H2,2-3H3/t11-/m1/s1. The zero-order valence-electron chi connectivity index (χ0n) is 9.90. The van der Waals surface area contributed by atoms with Crippen LogP contribution in [-0.2, 0) is 14.6 Å². The Balaban J connectivity index is 2.94. The maximum absolute atomic E-state index is 11.8. The first-order valence-electron chi connectivity index (χ1n) is 5.46. The molecule has 1 atom stereocenters. The number of hydrogen-bond donors (Lipinski definition) is 0. The van der Waals surface area contributed by atoms with Crippen LogP contribution in [0.15, 0.2) is 12.7 Å². The predicted octanol–water partition coefficient (Wildman–Crippen LogP) is 0.988. The van der Waals surface area contributed by atoms with Crippen molar-refractivity contribution >= 4 is 15.7 Å². The van der Waals surface area contributed by atoms with E-state index in [-0.39, 0.29) is 17.4 Å². The van der Waals surface area contributed by atoms with Crippen LogP contribution in [0.5, 0.6) is 0 Å². The molecule has 16 heavy (non-hydrogen) atoms. The highest BCUT2D eigenvalue weighted by atomic mass is 32.2. The molecule has 1 fully saturated rings. The van der Waals surface area contributed by atoms with Gasteiger partial charge in [-0.25, -0.2) is 8.42 Å². The van der Waals surface area contributed by atoms with Gasteiger partial charge in [-0.2, -0.15) is 0 Å². The third-order valence-electron chi connectivity index (χ3n) is 3.05. The van der Waals surface area contributed by atoms with Crippen LogP contribution >= 0.6 is 0 Å². The third kappa shape index (κ3) is 2.64. The molecule has 1 heterocycles. The van der Waals surface area contributed by atoms with Crippen molar-refractivity contribution in [3.05, 3.63) is 12.7 Å². The number of sulfone groups is 1. The summed E-state index contributed by atoms with van der Waals surface area (Å²) in [5.41, 5.74) is -0.555. The van der Waals surface area contributed by atoms with E-state index in [0.29, 0.717) is 19.4 Å². The van der Waals surface area contributed by atoms with Crippen molar-refractivity contribution in [2.75, 3.05) is 18.1 Å². The van der Waals surface area contributed by atoms with Crippen LogP contribution in [-0.4, -0.2) is 42.8 Å². The number of nitrogens with zero attached hydrogens (tertiary/aromatic N) is 1. The predicted molar refractivity (Wildman–Crippen MR) is 63.9 cm³/mol. The lowest BCUT2D eigenvalue weighted by atomic mass is 9.98. The molecule has 92 valence electrons. The maximum atomic E-state index is 11.8.